The lowest BCUT2D eigenvalue weighted by atomic mass is 10.2. The molecule has 0 aliphatic carbocycles. The van der Waals surface area contributed by atoms with Gasteiger partial charge in [0.15, 0.2) is 18.2 Å². The van der Waals surface area contributed by atoms with Crippen LogP contribution in [0.1, 0.15) is 20.8 Å². The Morgan fingerprint density at radius 3 is 2.06 bits per heavy atom. The Labute approximate surface area is 100 Å². The van der Waals surface area contributed by atoms with E-state index in [1.54, 1.807) is 0 Å². The SMILES string of the molecule is CC(C)(C)[Si](C)(C)OCCS(=O)(=O)CCO. The maximum absolute atomic E-state index is 11.3. The van der Waals surface area contributed by atoms with E-state index < -0.39 is 18.2 Å². The van der Waals surface area contributed by atoms with Crippen LogP contribution in [0.5, 0.6) is 0 Å². The molecule has 0 saturated carbocycles. The summed E-state index contributed by atoms with van der Waals surface area (Å²) in [5.41, 5.74) is 0. The fourth-order valence-electron chi connectivity index (χ4n) is 0.881. The van der Waals surface area contributed by atoms with Gasteiger partial charge in [-0.25, -0.2) is 8.42 Å². The first-order valence-electron chi connectivity index (χ1n) is 5.47. The van der Waals surface area contributed by atoms with Gasteiger partial charge < -0.3 is 9.53 Å². The van der Waals surface area contributed by atoms with Crippen LogP contribution in [-0.4, -0.2) is 46.6 Å². The van der Waals surface area contributed by atoms with Crippen molar-refractivity contribution in [3.8, 4) is 0 Å². The van der Waals surface area contributed by atoms with Gasteiger partial charge in [-0.2, -0.15) is 0 Å². The third-order valence-corrected chi connectivity index (χ3v) is 9.20. The molecule has 0 saturated heterocycles. The summed E-state index contributed by atoms with van der Waals surface area (Å²) in [6.07, 6.45) is 0. The highest BCUT2D eigenvalue weighted by Gasteiger charge is 2.37. The minimum absolute atomic E-state index is 0.0000694. The van der Waals surface area contributed by atoms with Gasteiger partial charge in [0, 0.05) is 6.61 Å². The Kier molecular flexibility index (Phi) is 5.65. The molecule has 0 aromatic heterocycles. The van der Waals surface area contributed by atoms with Crippen molar-refractivity contribution in [3.05, 3.63) is 0 Å². The van der Waals surface area contributed by atoms with E-state index in [0.717, 1.165) is 0 Å². The normalized spacial score (nSPS) is 14.1. The molecule has 0 spiro atoms. The molecule has 98 valence electrons. The van der Waals surface area contributed by atoms with Crippen LogP contribution >= 0.6 is 0 Å². The largest absolute Gasteiger partial charge is 0.416 e. The molecule has 0 radical (unpaired) electrons. The number of rotatable bonds is 6. The molecule has 0 aromatic rings. The van der Waals surface area contributed by atoms with Crippen LogP contribution < -0.4 is 0 Å². The summed E-state index contributed by atoms with van der Waals surface area (Å²) in [5.74, 6) is -0.173. The van der Waals surface area contributed by atoms with E-state index in [1.165, 1.54) is 0 Å². The van der Waals surface area contributed by atoms with E-state index >= 15 is 0 Å². The van der Waals surface area contributed by atoms with E-state index in [2.05, 4.69) is 33.9 Å². The summed E-state index contributed by atoms with van der Waals surface area (Å²) >= 11 is 0. The number of hydrogen-bond donors (Lipinski definition) is 1. The minimum Gasteiger partial charge on any atom is -0.416 e. The second-order valence-corrected chi connectivity index (χ2v) is 12.6. The Bertz CT molecular complexity index is 303. The molecule has 0 unspecified atom stereocenters. The van der Waals surface area contributed by atoms with Crippen LogP contribution in [0.4, 0.5) is 0 Å². The number of aliphatic hydroxyl groups is 1. The highest BCUT2D eigenvalue weighted by atomic mass is 32.2. The number of aliphatic hydroxyl groups excluding tert-OH is 1. The molecule has 0 atom stereocenters. The molecule has 4 nitrogen and oxygen atoms in total. The molecule has 16 heavy (non-hydrogen) atoms. The second-order valence-electron chi connectivity index (χ2n) is 5.48. The summed E-state index contributed by atoms with van der Waals surface area (Å²) in [6, 6.07) is 0. The zero-order valence-electron chi connectivity index (χ0n) is 10.9. The lowest BCUT2D eigenvalue weighted by molar-refractivity contribution is 0.305. The summed E-state index contributed by atoms with van der Waals surface area (Å²) in [4.78, 5) is 0. The van der Waals surface area contributed by atoms with Gasteiger partial charge in [-0.1, -0.05) is 20.8 Å². The third kappa shape index (κ3) is 5.43. The second kappa shape index (κ2) is 5.62. The summed E-state index contributed by atoms with van der Waals surface area (Å²) in [5, 5.41) is 8.67. The van der Waals surface area contributed by atoms with Crippen molar-refractivity contribution < 1.29 is 18.0 Å². The molecule has 0 bridgehead atoms. The van der Waals surface area contributed by atoms with Crippen LogP contribution in [0.2, 0.25) is 18.1 Å². The Morgan fingerprint density at radius 2 is 1.69 bits per heavy atom. The van der Waals surface area contributed by atoms with Gasteiger partial charge in [0.2, 0.25) is 0 Å². The topological polar surface area (TPSA) is 63.6 Å². The number of sulfone groups is 1. The summed E-state index contributed by atoms with van der Waals surface area (Å²) in [7, 11) is -5.01. The van der Waals surface area contributed by atoms with Crippen molar-refractivity contribution in [2.75, 3.05) is 24.7 Å². The quantitative estimate of drug-likeness (QED) is 0.740. The van der Waals surface area contributed by atoms with Crippen molar-refractivity contribution in [2.24, 2.45) is 0 Å². The Hall–Kier alpha value is 0.0869. The van der Waals surface area contributed by atoms with Gasteiger partial charge in [-0.05, 0) is 18.1 Å². The fraction of sp³-hybridized carbons (Fsp3) is 1.00. The summed E-state index contributed by atoms with van der Waals surface area (Å²) in [6.45, 7) is 10.4. The average molecular weight is 268 g/mol. The van der Waals surface area contributed by atoms with Gasteiger partial charge in [0.1, 0.15) is 0 Å². The van der Waals surface area contributed by atoms with Crippen LogP contribution in [0.15, 0.2) is 0 Å². The van der Waals surface area contributed by atoms with Crippen LogP contribution in [0.3, 0.4) is 0 Å². The van der Waals surface area contributed by atoms with Gasteiger partial charge in [0.05, 0.1) is 18.1 Å². The van der Waals surface area contributed by atoms with E-state index in [4.69, 9.17) is 9.53 Å². The van der Waals surface area contributed by atoms with Crippen LogP contribution in [-0.2, 0) is 14.3 Å². The van der Waals surface area contributed by atoms with Crippen molar-refractivity contribution in [1.29, 1.82) is 0 Å². The lowest BCUT2D eigenvalue weighted by Gasteiger charge is -2.36. The predicted octanol–water partition coefficient (Wildman–Crippen LogP) is 1.42. The molecule has 6 heteroatoms. The first kappa shape index (κ1) is 16.1. The summed E-state index contributed by atoms with van der Waals surface area (Å²) < 4.78 is 28.4. The van der Waals surface area contributed by atoms with E-state index in [1.807, 2.05) is 0 Å². The maximum atomic E-state index is 11.3. The Balaban J connectivity index is 4.19. The van der Waals surface area contributed by atoms with Crippen molar-refractivity contribution in [2.45, 2.75) is 38.9 Å². The monoisotopic (exact) mass is 268 g/mol. The van der Waals surface area contributed by atoms with Crippen LogP contribution in [0, 0.1) is 0 Å². The smallest absolute Gasteiger partial charge is 0.192 e. The molecule has 0 amide bonds. The van der Waals surface area contributed by atoms with Gasteiger partial charge in [-0.3, -0.25) is 0 Å². The average Bonchev–Trinajstić information content (AvgIpc) is 2.00. The van der Waals surface area contributed by atoms with E-state index in [-0.39, 0.29) is 29.8 Å². The predicted molar refractivity (Wildman–Crippen MR) is 68.9 cm³/mol. The van der Waals surface area contributed by atoms with Gasteiger partial charge >= 0.3 is 0 Å². The molecular formula is C10H24O4SSi. The zero-order chi connectivity index (χ0) is 13.0. The van der Waals surface area contributed by atoms with Gasteiger partial charge in [0.25, 0.3) is 0 Å². The standard InChI is InChI=1S/C10H24O4SSi/c1-10(2,3)16(4,5)14-7-9-15(12,13)8-6-11/h11H,6-9H2,1-5H3. The molecule has 0 aromatic carbocycles. The number of hydrogen-bond acceptors (Lipinski definition) is 4. The maximum Gasteiger partial charge on any atom is 0.192 e. The molecule has 0 heterocycles. The van der Waals surface area contributed by atoms with Crippen LogP contribution in [0.25, 0.3) is 0 Å². The molecule has 0 fully saturated rings. The van der Waals surface area contributed by atoms with E-state index in [9.17, 15) is 8.42 Å². The third-order valence-electron chi connectivity index (χ3n) is 3.07. The molecule has 0 aliphatic heterocycles. The first-order chi connectivity index (χ1) is 7.02. The first-order valence-corrected chi connectivity index (χ1v) is 10.2. The molecule has 0 rings (SSSR count). The Morgan fingerprint density at radius 1 is 1.19 bits per heavy atom. The van der Waals surface area contributed by atoms with Gasteiger partial charge in [-0.15, -0.1) is 0 Å². The zero-order valence-corrected chi connectivity index (χ0v) is 12.7. The van der Waals surface area contributed by atoms with E-state index in [0.29, 0.717) is 0 Å². The minimum atomic E-state index is -3.15. The molecule has 0 aliphatic rings. The lowest BCUT2D eigenvalue weighted by Crippen LogP contribution is -2.42. The highest BCUT2D eigenvalue weighted by Crippen LogP contribution is 2.36. The molecule has 1 N–H and O–H groups in total. The van der Waals surface area contributed by atoms with Crippen molar-refractivity contribution in [1.82, 2.24) is 0 Å². The van der Waals surface area contributed by atoms with Crippen molar-refractivity contribution in [3.63, 3.8) is 0 Å². The highest BCUT2D eigenvalue weighted by molar-refractivity contribution is 7.91. The van der Waals surface area contributed by atoms with Crippen molar-refractivity contribution >= 4 is 18.2 Å². The molecular weight excluding hydrogens is 244 g/mol. The fourth-order valence-corrected chi connectivity index (χ4v) is 2.89.